The lowest BCUT2D eigenvalue weighted by atomic mass is 10.2. The zero-order valence-electron chi connectivity index (χ0n) is 10.7. The second-order valence-corrected chi connectivity index (χ2v) is 5.31. The number of rotatable bonds is 3. The van der Waals surface area contributed by atoms with Crippen molar-refractivity contribution in [2.75, 3.05) is 26.3 Å². The van der Waals surface area contributed by atoms with Crippen molar-refractivity contribution in [3.63, 3.8) is 0 Å². The first kappa shape index (κ1) is 13.8. The fraction of sp³-hybridized carbons (Fsp3) is 0.385. The number of ether oxygens (including phenoxy) is 1. The highest BCUT2D eigenvalue weighted by Crippen LogP contribution is 2.32. The van der Waals surface area contributed by atoms with Gasteiger partial charge in [0, 0.05) is 13.1 Å². The van der Waals surface area contributed by atoms with E-state index in [0.717, 1.165) is 26.3 Å². The standard InChI is InChI=1S/C13H13Cl2N3O2/c14-9-2-1-3-10(15)12(9)13-16-11(20-17-13)8-18-4-6-19-7-5-18/h1-3H,4-8H2. The third-order valence-corrected chi connectivity index (χ3v) is 3.75. The van der Waals surface area contributed by atoms with Gasteiger partial charge in [-0.25, -0.2) is 0 Å². The SMILES string of the molecule is Clc1cccc(Cl)c1-c1noc(CN2CCOCC2)n1. The molecule has 7 heteroatoms. The lowest BCUT2D eigenvalue weighted by molar-refractivity contribution is 0.0297. The van der Waals surface area contributed by atoms with Crippen molar-refractivity contribution in [3.8, 4) is 11.4 Å². The Hall–Kier alpha value is -1.14. The molecule has 1 saturated heterocycles. The summed E-state index contributed by atoms with van der Waals surface area (Å²) in [6, 6.07) is 5.28. The first-order valence-corrected chi connectivity index (χ1v) is 7.07. The number of hydrogen-bond acceptors (Lipinski definition) is 5. The van der Waals surface area contributed by atoms with Crippen LogP contribution in [0.2, 0.25) is 10.0 Å². The molecular formula is C13H13Cl2N3O2. The molecule has 1 fully saturated rings. The lowest BCUT2D eigenvalue weighted by Gasteiger charge is -2.24. The van der Waals surface area contributed by atoms with E-state index in [9.17, 15) is 0 Å². The van der Waals surface area contributed by atoms with E-state index in [1.807, 2.05) is 0 Å². The molecule has 1 aliphatic rings. The molecule has 106 valence electrons. The van der Waals surface area contributed by atoms with Crippen LogP contribution in [0.1, 0.15) is 5.89 Å². The Balaban J connectivity index is 1.79. The van der Waals surface area contributed by atoms with Gasteiger partial charge >= 0.3 is 0 Å². The molecule has 1 aromatic carbocycles. The van der Waals surface area contributed by atoms with E-state index < -0.39 is 0 Å². The van der Waals surface area contributed by atoms with Crippen molar-refractivity contribution in [1.29, 1.82) is 0 Å². The molecule has 0 spiro atoms. The molecule has 0 atom stereocenters. The third kappa shape index (κ3) is 2.96. The third-order valence-electron chi connectivity index (χ3n) is 3.12. The van der Waals surface area contributed by atoms with Gasteiger partial charge in [-0.15, -0.1) is 0 Å². The van der Waals surface area contributed by atoms with Crippen LogP contribution in [-0.4, -0.2) is 41.3 Å². The summed E-state index contributed by atoms with van der Waals surface area (Å²) in [6.07, 6.45) is 0. The van der Waals surface area contributed by atoms with Crippen LogP contribution in [-0.2, 0) is 11.3 Å². The summed E-state index contributed by atoms with van der Waals surface area (Å²) in [4.78, 5) is 6.57. The maximum Gasteiger partial charge on any atom is 0.241 e. The molecule has 0 amide bonds. The van der Waals surface area contributed by atoms with Crippen molar-refractivity contribution in [2.45, 2.75) is 6.54 Å². The van der Waals surface area contributed by atoms with Crippen LogP contribution in [0.3, 0.4) is 0 Å². The summed E-state index contributed by atoms with van der Waals surface area (Å²) in [5.41, 5.74) is 0.604. The van der Waals surface area contributed by atoms with Crippen molar-refractivity contribution in [3.05, 3.63) is 34.1 Å². The monoisotopic (exact) mass is 313 g/mol. The van der Waals surface area contributed by atoms with Gasteiger partial charge in [-0.1, -0.05) is 34.4 Å². The van der Waals surface area contributed by atoms with Gasteiger partial charge in [-0.2, -0.15) is 4.98 Å². The predicted octanol–water partition coefficient (Wildman–Crippen LogP) is 2.88. The number of nitrogens with zero attached hydrogens (tertiary/aromatic N) is 3. The van der Waals surface area contributed by atoms with Gasteiger partial charge in [-0.05, 0) is 12.1 Å². The fourth-order valence-corrected chi connectivity index (χ4v) is 2.65. The molecule has 0 saturated carbocycles. The molecule has 5 nitrogen and oxygen atoms in total. The van der Waals surface area contributed by atoms with Crippen LogP contribution >= 0.6 is 23.2 Å². The Morgan fingerprint density at radius 3 is 2.55 bits per heavy atom. The summed E-state index contributed by atoms with van der Waals surface area (Å²) in [6.45, 7) is 3.81. The van der Waals surface area contributed by atoms with Crippen molar-refractivity contribution >= 4 is 23.2 Å². The highest BCUT2D eigenvalue weighted by atomic mass is 35.5. The second kappa shape index (κ2) is 6.10. The number of hydrogen-bond donors (Lipinski definition) is 0. The molecular weight excluding hydrogens is 301 g/mol. The zero-order valence-corrected chi connectivity index (χ0v) is 12.2. The van der Waals surface area contributed by atoms with Crippen LogP contribution in [0.15, 0.2) is 22.7 Å². The first-order chi connectivity index (χ1) is 9.74. The first-order valence-electron chi connectivity index (χ1n) is 6.31. The van der Waals surface area contributed by atoms with E-state index >= 15 is 0 Å². The van der Waals surface area contributed by atoms with Crippen molar-refractivity contribution in [2.24, 2.45) is 0 Å². The largest absolute Gasteiger partial charge is 0.379 e. The fourth-order valence-electron chi connectivity index (χ4n) is 2.08. The summed E-state index contributed by atoms with van der Waals surface area (Å²) in [7, 11) is 0. The Labute approximate surface area is 126 Å². The van der Waals surface area contributed by atoms with E-state index in [4.69, 9.17) is 32.5 Å². The Bertz CT molecular complexity index is 577. The van der Waals surface area contributed by atoms with Crippen LogP contribution in [0.25, 0.3) is 11.4 Å². The van der Waals surface area contributed by atoms with Gasteiger partial charge in [0.2, 0.25) is 11.7 Å². The second-order valence-electron chi connectivity index (χ2n) is 4.50. The number of benzene rings is 1. The van der Waals surface area contributed by atoms with E-state index in [0.29, 0.717) is 33.9 Å². The maximum atomic E-state index is 6.13. The quantitative estimate of drug-likeness (QED) is 0.872. The zero-order chi connectivity index (χ0) is 13.9. The smallest absolute Gasteiger partial charge is 0.241 e. The van der Waals surface area contributed by atoms with Crippen LogP contribution in [0, 0.1) is 0 Å². The molecule has 0 aliphatic carbocycles. The van der Waals surface area contributed by atoms with Gasteiger partial charge in [-0.3, -0.25) is 4.90 Å². The summed E-state index contributed by atoms with van der Waals surface area (Å²) < 4.78 is 10.6. The minimum Gasteiger partial charge on any atom is -0.379 e. The summed E-state index contributed by atoms with van der Waals surface area (Å²) in [5.74, 6) is 0.974. The number of aromatic nitrogens is 2. The topological polar surface area (TPSA) is 51.4 Å². The molecule has 2 heterocycles. The molecule has 1 aliphatic heterocycles. The molecule has 1 aromatic heterocycles. The van der Waals surface area contributed by atoms with E-state index in [1.54, 1.807) is 18.2 Å². The Morgan fingerprint density at radius 1 is 1.15 bits per heavy atom. The molecule has 0 bridgehead atoms. The van der Waals surface area contributed by atoms with Crippen LogP contribution in [0.4, 0.5) is 0 Å². The Kier molecular flexibility index (Phi) is 4.21. The molecule has 0 radical (unpaired) electrons. The molecule has 2 aromatic rings. The van der Waals surface area contributed by atoms with Crippen molar-refractivity contribution < 1.29 is 9.26 Å². The highest BCUT2D eigenvalue weighted by Gasteiger charge is 2.18. The minimum atomic E-state index is 0.420. The predicted molar refractivity (Wildman–Crippen MR) is 75.9 cm³/mol. The van der Waals surface area contributed by atoms with E-state index in [1.165, 1.54) is 0 Å². The van der Waals surface area contributed by atoms with E-state index in [-0.39, 0.29) is 0 Å². The highest BCUT2D eigenvalue weighted by molar-refractivity contribution is 6.38. The molecule has 0 N–H and O–H groups in total. The van der Waals surface area contributed by atoms with Gasteiger partial charge in [0.15, 0.2) is 0 Å². The van der Waals surface area contributed by atoms with Crippen LogP contribution < -0.4 is 0 Å². The van der Waals surface area contributed by atoms with Crippen molar-refractivity contribution in [1.82, 2.24) is 15.0 Å². The van der Waals surface area contributed by atoms with Gasteiger partial charge in [0.1, 0.15) is 0 Å². The average Bonchev–Trinajstić information content (AvgIpc) is 2.88. The molecule has 0 unspecified atom stereocenters. The molecule has 20 heavy (non-hydrogen) atoms. The normalized spacial score (nSPS) is 16.5. The summed E-state index contributed by atoms with van der Waals surface area (Å²) >= 11 is 12.3. The van der Waals surface area contributed by atoms with E-state index in [2.05, 4.69) is 15.0 Å². The number of halogens is 2. The summed E-state index contributed by atoms with van der Waals surface area (Å²) in [5, 5.41) is 4.98. The van der Waals surface area contributed by atoms with Gasteiger partial charge in [0.05, 0.1) is 35.4 Å². The average molecular weight is 314 g/mol. The van der Waals surface area contributed by atoms with Crippen LogP contribution in [0.5, 0.6) is 0 Å². The molecule has 3 rings (SSSR count). The van der Waals surface area contributed by atoms with Gasteiger partial charge in [0.25, 0.3) is 0 Å². The Morgan fingerprint density at radius 2 is 1.85 bits per heavy atom. The minimum absolute atomic E-state index is 0.420. The maximum absolute atomic E-state index is 6.13. The lowest BCUT2D eigenvalue weighted by Crippen LogP contribution is -2.35. The number of morpholine rings is 1. The van der Waals surface area contributed by atoms with Gasteiger partial charge < -0.3 is 9.26 Å².